The zero-order valence-electron chi connectivity index (χ0n) is 13.3. The number of fused-ring (bicyclic) bond motifs is 1. The topological polar surface area (TPSA) is 80.0 Å². The Morgan fingerprint density at radius 2 is 2.08 bits per heavy atom. The van der Waals surface area contributed by atoms with Crippen molar-refractivity contribution in [3.63, 3.8) is 0 Å². The van der Waals surface area contributed by atoms with Gasteiger partial charge in [-0.15, -0.1) is 16.4 Å². The monoisotopic (exact) mass is 343 g/mol. The van der Waals surface area contributed by atoms with Gasteiger partial charge in [0, 0.05) is 38.1 Å². The van der Waals surface area contributed by atoms with Gasteiger partial charge in [0.25, 0.3) is 0 Å². The van der Waals surface area contributed by atoms with Crippen molar-refractivity contribution >= 4 is 34.2 Å². The van der Waals surface area contributed by atoms with E-state index in [4.69, 9.17) is 0 Å². The molecule has 4 heterocycles. The molecule has 3 aromatic heterocycles. The molecule has 0 spiro atoms. The molecule has 0 radical (unpaired) electrons. The van der Waals surface area contributed by atoms with Crippen LogP contribution >= 0.6 is 11.3 Å². The Morgan fingerprint density at radius 1 is 1.25 bits per heavy atom. The fourth-order valence-corrected chi connectivity index (χ4v) is 3.61. The van der Waals surface area contributed by atoms with Gasteiger partial charge in [0.2, 0.25) is 5.91 Å². The van der Waals surface area contributed by atoms with Gasteiger partial charge in [-0.2, -0.15) is 0 Å². The summed E-state index contributed by atoms with van der Waals surface area (Å²) in [7, 11) is 1.81. The number of aryl methyl sites for hydroxylation is 1. The maximum atomic E-state index is 12.4. The summed E-state index contributed by atoms with van der Waals surface area (Å²) in [6.07, 6.45) is 2.02. The minimum absolute atomic E-state index is 0.185. The molecule has 0 unspecified atom stereocenters. The first-order valence-electron chi connectivity index (χ1n) is 7.78. The van der Waals surface area contributed by atoms with Crippen LogP contribution in [0.15, 0.2) is 23.8 Å². The van der Waals surface area contributed by atoms with Crippen LogP contribution in [0.25, 0.3) is 11.2 Å². The Bertz CT molecular complexity index is 852. The average Bonchev–Trinajstić information content (AvgIpc) is 3.25. The maximum absolute atomic E-state index is 12.4. The number of carbonyl (C=O) groups is 1. The van der Waals surface area contributed by atoms with Gasteiger partial charge in [-0.3, -0.25) is 4.79 Å². The van der Waals surface area contributed by atoms with Crippen molar-refractivity contribution < 1.29 is 4.79 Å². The second kappa shape index (κ2) is 6.16. The first kappa shape index (κ1) is 15.0. The lowest BCUT2D eigenvalue weighted by molar-refractivity contribution is -0.130. The van der Waals surface area contributed by atoms with Crippen LogP contribution in [0.1, 0.15) is 4.88 Å². The molecule has 124 valence electrons. The summed E-state index contributed by atoms with van der Waals surface area (Å²) >= 11 is 1.62. The molecule has 3 aromatic rings. The summed E-state index contributed by atoms with van der Waals surface area (Å²) < 4.78 is 1.64. The van der Waals surface area contributed by atoms with E-state index in [1.54, 1.807) is 16.0 Å². The molecule has 8 nitrogen and oxygen atoms in total. The molecule has 1 aliphatic rings. The highest BCUT2D eigenvalue weighted by atomic mass is 32.1. The number of anilines is 1. The number of nitrogens with zero attached hydrogens (tertiary/aromatic N) is 7. The third kappa shape index (κ3) is 2.71. The van der Waals surface area contributed by atoms with Gasteiger partial charge in [-0.25, -0.2) is 14.6 Å². The minimum Gasteiger partial charge on any atom is -0.351 e. The van der Waals surface area contributed by atoms with Gasteiger partial charge in [-0.05, 0) is 11.4 Å². The summed E-state index contributed by atoms with van der Waals surface area (Å²) in [6, 6.07) is 3.98. The number of amides is 1. The molecule has 24 heavy (non-hydrogen) atoms. The lowest BCUT2D eigenvalue weighted by Crippen LogP contribution is -2.49. The van der Waals surface area contributed by atoms with Crippen molar-refractivity contribution in [2.24, 2.45) is 7.05 Å². The quantitative estimate of drug-likeness (QED) is 0.697. The second-order valence-electron chi connectivity index (χ2n) is 5.71. The van der Waals surface area contributed by atoms with Crippen LogP contribution in [0.2, 0.25) is 0 Å². The fourth-order valence-electron chi connectivity index (χ4n) is 2.91. The third-order valence-corrected chi connectivity index (χ3v) is 5.08. The normalized spacial score (nSPS) is 15.2. The van der Waals surface area contributed by atoms with Crippen molar-refractivity contribution in [3.8, 4) is 0 Å². The molecule has 1 saturated heterocycles. The van der Waals surface area contributed by atoms with E-state index in [1.165, 1.54) is 6.33 Å². The molecular weight excluding hydrogens is 326 g/mol. The van der Waals surface area contributed by atoms with Crippen LogP contribution in [-0.4, -0.2) is 61.9 Å². The third-order valence-electron chi connectivity index (χ3n) is 4.21. The Morgan fingerprint density at radius 3 is 2.83 bits per heavy atom. The average molecular weight is 343 g/mol. The highest BCUT2D eigenvalue weighted by Crippen LogP contribution is 2.21. The first-order chi connectivity index (χ1) is 11.7. The molecule has 0 N–H and O–H groups in total. The number of rotatable bonds is 3. The smallest absolute Gasteiger partial charge is 0.227 e. The zero-order chi connectivity index (χ0) is 16.5. The van der Waals surface area contributed by atoms with Gasteiger partial charge in [0.1, 0.15) is 6.33 Å². The molecule has 1 amide bonds. The van der Waals surface area contributed by atoms with Gasteiger partial charge < -0.3 is 9.80 Å². The van der Waals surface area contributed by atoms with Crippen molar-refractivity contribution in [1.82, 2.24) is 29.9 Å². The number of hydrogen-bond acceptors (Lipinski definition) is 7. The highest BCUT2D eigenvalue weighted by molar-refractivity contribution is 7.10. The first-order valence-corrected chi connectivity index (χ1v) is 8.66. The highest BCUT2D eigenvalue weighted by Gasteiger charge is 2.24. The summed E-state index contributed by atoms with van der Waals surface area (Å²) in [4.78, 5) is 26.2. The lowest BCUT2D eigenvalue weighted by Gasteiger charge is -2.35. The molecule has 0 atom stereocenters. The summed E-state index contributed by atoms with van der Waals surface area (Å²) in [6.45, 7) is 2.85. The lowest BCUT2D eigenvalue weighted by atomic mass is 10.2. The van der Waals surface area contributed by atoms with Crippen molar-refractivity contribution in [1.29, 1.82) is 0 Å². The fraction of sp³-hybridized carbons (Fsp3) is 0.400. The molecule has 0 saturated carbocycles. The van der Waals surface area contributed by atoms with Crippen LogP contribution in [0.3, 0.4) is 0 Å². The number of carbonyl (C=O) groups excluding carboxylic acids is 1. The number of hydrogen-bond donors (Lipinski definition) is 0. The van der Waals surface area contributed by atoms with E-state index < -0.39 is 0 Å². The van der Waals surface area contributed by atoms with E-state index in [9.17, 15) is 4.79 Å². The second-order valence-corrected chi connectivity index (χ2v) is 6.74. The molecule has 9 heteroatoms. The predicted molar refractivity (Wildman–Crippen MR) is 90.9 cm³/mol. The predicted octanol–water partition coefficient (Wildman–Crippen LogP) is 0.711. The van der Waals surface area contributed by atoms with Crippen LogP contribution < -0.4 is 4.90 Å². The standard InChI is InChI=1S/C15H17N7OS/c1-20-14-13(18-19-20)15(17-10-16-14)22-6-4-21(5-7-22)12(23)9-11-3-2-8-24-11/h2-3,8,10H,4-7,9H2,1H3. The van der Waals surface area contributed by atoms with Gasteiger partial charge in [0.15, 0.2) is 17.0 Å². The Hall–Kier alpha value is -2.55. The minimum atomic E-state index is 0.185. The van der Waals surface area contributed by atoms with E-state index in [-0.39, 0.29) is 5.91 Å². The Balaban J connectivity index is 1.45. The van der Waals surface area contributed by atoms with Crippen molar-refractivity contribution in [2.45, 2.75) is 6.42 Å². The maximum Gasteiger partial charge on any atom is 0.227 e. The molecular formula is C15H17N7OS. The van der Waals surface area contributed by atoms with Crippen LogP contribution in [0.4, 0.5) is 5.82 Å². The van der Waals surface area contributed by atoms with E-state index >= 15 is 0 Å². The van der Waals surface area contributed by atoms with E-state index in [2.05, 4.69) is 25.2 Å². The van der Waals surface area contributed by atoms with E-state index in [0.29, 0.717) is 25.0 Å². The summed E-state index contributed by atoms with van der Waals surface area (Å²) in [5.41, 5.74) is 1.43. The Labute approximate surface area is 142 Å². The van der Waals surface area contributed by atoms with Crippen molar-refractivity contribution in [2.75, 3.05) is 31.1 Å². The van der Waals surface area contributed by atoms with Crippen LogP contribution in [-0.2, 0) is 18.3 Å². The molecule has 1 fully saturated rings. The van der Waals surface area contributed by atoms with Crippen LogP contribution in [0.5, 0.6) is 0 Å². The SMILES string of the molecule is Cn1nnc2c(N3CCN(C(=O)Cc4cccs4)CC3)ncnc21. The van der Waals surface area contributed by atoms with Gasteiger partial charge >= 0.3 is 0 Å². The molecule has 4 rings (SSSR count). The van der Waals surface area contributed by atoms with Gasteiger partial charge in [0.05, 0.1) is 6.42 Å². The van der Waals surface area contributed by atoms with E-state index in [1.807, 2.05) is 29.5 Å². The zero-order valence-corrected chi connectivity index (χ0v) is 14.1. The van der Waals surface area contributed by atoms with Gasteiger partial charge in [-0.1, -0.05) is 11.3 Å². The molecule has 1 aliphatic heterocycles. The number of piperazine rings is 1. The summed E-state index contributed by atoms with van der Waals surface area (Å²) in [5, 5.41) is 10.2. The number of thiophene rings is 1. The van der Waals surface area contributed by atoms with E-state index in [0.717, 1.165) is 29.4 Å². The summed E-state index contributed by atoms with van der Waals surface area (Å²) in [5.74, 6) is 0.975. The molecule has 0 aromatic carbocycles. The van der Waals surface area contributed by atoms with Crippen molar-refractivity contribution in [3.05, 3.63) is 28.7 Å². The largest absolute Gasteiger partial charge is 0.351 e. The Kier molecular flexibility index (Phi) is 3.85. The molecule has 0 aliphatic carbocycles. The number of aromatic nitrogens is 5. The molecule has 0 bridgehead atoms. The van der Waals surface area contributed by atoms with Crippen LogP contribution in [0, 0.1) is 0 Å².